The Hall–Kier alpha value is -1.97. The molecule has 1 unspecified atom stereocenters. The molecule has 0 radical (unpaired) electrons. The molecule has 0 spiro atoms. The van der Waals surface area contributed by atoms with Gasteiger partial charge in [0.05, 0.1) is 12.3 Å². The third kappa shape index (κ3) is 6.05. The third-order valence-electron chi connectivity index (χ3n) is 5.90. The van der Waals surface area contributed by atoms with Crippen molar-refractivity contribution in [2.24, 2.45) is 5.92 Å². The Morgan fingerprint density at radius 3 is 2.32 bits per heavy atom. The second-order valence-corrected chi connectivity index (χ2v) is 10.4. The number of nitrogens with one attached hydrogen (secondary N) is 1. The maximum Gasteiger partial charge on any atom is 0.209 e. The zero-order valence-corrected chi connectivity index (χ0v) is 20.2. The van der Waals surface area contributed by atoms with Gasteiger partial charge in [-0.2, -0.15) is 0 Å². The summed E-state index contributed by atoms with van der Waals surface area (Å²) in [6, 6.07) is 8.47. The van der Waals surface area contributed by atoms with Crippen LogP contribution in [0.25, 0.3) is 0 Å². The lowest BCUT2D eigenvalue weighted by atomic mass is 10.1. The van der Waals surface area contributed by atoms with E-state index < -0.39 is 10.0 Å². The van der Waals surface area contributed by atoms with E-state index >= 15 is 0 Å². The highest BCUT2D eigenvalue weighted by Crippen LogP contribution is 2.24. The zero-order valence-electron chi connectivity index (χ0n) is 19.4. The monoisotopic (exact) mass is 448 g/mol. The van der Waals surface area contributed by atoms with Crippen molar-refractivity contribution in [1.82, 2.24) is 24.4 Å². The Bertz CT molecular complexity index is 951. The summed E-state index contributed by atoms with van der Waals surface area (Å²) < 4.78 is 28.6. The Kier molecular flexibility index (Phi) is 7.72. The molecule has 0 saturated heterocycles. The van der Waals surface area contributed by atoms with Gasteiger partial charge in [0.1, 0.15) is 5.82 Å². The summed E-state index contributed by atoms with van der Waals surface area (Å²) in [5.41, 5.74) is 2.56. The van der Waals surface area contributed by atoms with Gasteiger partial charge >= 0.3 is 0 Å². The lowest BCUT2D eigenvalue weighted by Gasteiger charge is -2.23. The van der Waals surface area contributed by atoms with Crippen molar-refractivity contribution < 1.29 is 8.42 Å². The van der Waals surface area contributed by atoms with Gasteiger partial charge in [-0.25, -0.2) is 13.1 Å². The minimum Gasteiger partial charge on any atom is -0.372 e. The number of nitrogens with zero attached hydrogens (tertiary/aromatic N) is 5. The van der Waals surface area contributed by atoms with E-state index in [0.29, 0.717) is 5.82 Å². The molecule has 31 heavy (non-hydrogen) atoms. The summed E-state index contributed by atoms with van der Waals surface area (Å²) in [6.45, 7) is 13.8. The molecule has 0 bridgehead atoms. The maximum atomic E-state index is 11.9. The first-order valence-corrected chi connectivity index (χ1v) is 13.1. The summed E-state index contributed by atoms with van der Waals surface area (Å²) in [6.07, 6.45) is 1.99. The van der Waals surface area contributed by atoms with Crippen LogP contribution < -0.4 is 9.62 Å². The van der Waals surface area contributed by atoms with Crippen LogP contribution in [0.4, 0.5) is 5.69 Å². The summed E-state index contributed by atoms with van der Waals surface area (Å²) >= 11 is 0. The van der Waals surface area contributed by atoms with Crippen LogP contribution in [0.2, 0.25) is 0 Å². The maximum absolute atomic E-state index is 11.9. The highest BCUT2D eigenvalue weighted by atomic mass is 32.2. The Balaban J connectivity index is 1.69. The van der Waals surface area contributed by atoms with E-state index in [-0.39, 0.29) is 12.0 Å². The molecular weight excluding hydrogens is 412 g/mol. The minimum atomic E-state index is -3.34. The van der Waals surface area contributed by atoms with Gasteiger partial charge in [0.2, 0.25) is 10.0 Å². The van der Waals surface area contributed by atoms with Crippen LogP contribution in [0.15, 0.2) is 24.3 Å². The molecule has 8 nitrogen and oxygen atoms in total. The molecule has 1 aromatic carbocycles. The van der Waals surface area contributed by atoms with E-state index in [0.717, 1.165) is 51.5 Å². The number of hydrogen-bond acceptors (Lipinski definition) is 6. The largest absolute Gasteiger partial charge is 0.372 e. The van der Waals surface area contributed by atoms with Gasteiger partial charge in [-0.05, 0) is 37.5 Å². The Morgan fingerprint density at radius 1 is 1.06 bits per heavy atom. The lowest BCUT2D eigenvalue weighted by molar-refractivity contribution is 0.269. The van der Waals surface area contributed by atoms with Crippen molar-refractivity contribution in [2.75, 3.05) is 37.3 Å². The molecule has 2 aromatic rings. The number of fused-ring (bicyclic) bond motifs is 1. The van der Waals surface area contributed by atoms with Gasteiger partial charge in [-0.3, -0.25) is 4.90 Å². The molecule has 0 aliphatic carbocycles. The zero-order chi connectivity index (χ0) is 22.6. The molecule has 172 valence electrons. The fraction of sp³-hybridized carbons (Fsp3) is 0.636. The van der Waals surface area contributed by atoms with Crippen molar-refractivity contribution in [3.05, 3.63) is 41.5 Å². The van der Waals surface area contributed by atoms with Crippen LogP contribution in [0.3, 0.4) is 0 Å². The molecule has 1 aliphatic rings. The minimum absolute atomic E-state index is 0.0757. The van der Waals surface area contributed by atoms with Gasteiger partial charge in [0.15, 0.2) is 5.82 Å². The van der Waals surface area contributed by atoms with Gasteiger partial charge < -0.3 is 9.47 Å². The molecule has 1 N–H and O–H groups in total. The standard InChI is InChI=1S/C22H36N6O2S/c1-6-27(7-2)19-10-8-18(9-11-19)16-26-13-12-20-23-24-22(28(20)15-14-26)21(17(3)4)25-31(5,29)30/h8-11,17,21,25H,6-7,12-16H2,1-5H3. The average molecular weight is 449 g/mol. The van der Waals surface area contributed by atoms with Gasteiger partial charge in [-0.15, -0.1) is 10.2 Å². The normalized spacial score (nSPS) is 16.2. The number of anilines is 1. The van der Waals surface area contributed by atoms with Crippen molar-refractivity contribution >= 4 is 15.7 Å². The molecule has 2 heterocycles. The van der Waals surface area contributed by atoms with Crippen LogP contribution in [-0.2, 0) is 29.5 Å². The molecule has 9 heteroatoms. The van der Waals surface area contributed by atoms with Gasteiger partial charge in [-0.1, -0.05) is 26.0 Å². The fourth-order valence-corrected chi connectivity index (χ4v) is 4.99. The van der Waals surface area contributed by atoms with Crippen LogP contribution in [0.1, 0.15) is 50.9 Å². The predicted octanol–water partition coefficient (Wildman–Crippen LogP) is 2.43. The topological polar surface area (TPSA) is 83.4 Å². The first kappa shape index (κ1) is 23.7. The molecule has 1 atom stereocenters. The van der Waals surface area contributed by atoms with E-state index in [1.807, 2.05) is 13.8 Å². The fourth-order valence-electron chi connectivity index (χ4n) is 4.15. The lowest BCUT2D eigenvalue weighted by Crippen LogP contribution is -2.33. The van der Waals surface area contributed by atoms with Crippen molar-refractivity contribution in [3.8, 4) is 0 Å². The molecule has 3 rings (SSSR count). The third-order valence-corrected chi connectivity index (χ3v) is 6.59. The second kappa shape index (κ2) is 10.1. The van der Waals surface area contributed by atoms with Gasteiger partial charge in [0, 0.05) is 51.4 Å². The quantitative estimate of drug-likeness (QED) is 0.634. The smallest absolute Gasteiger partial charge is 0.209 e. The number of rotatable bonds is 9. The van der Waals surface area contributed by atoms with E-state index in [9.17, 15) is 8.42 Å². The van der Waals surface area contributed by atoms with E-state index in [2.05, 4.69) is 67.4 Å². The summed E-state index contributed by atoms with van der Waals surface area (Å²) in [7, 11) is -3.34. The average Bonchev–Trinajstić information content (AvgIpc) is 3.01. The second-order valence-electron chi connectivity index (χ2n) is 8.60. The van der Waals surface area contributed by atoms with Crippen LogP contribution in [0.5, 0.6) is 0 Å². The number of aromatic nitrogens is 3. The number of sulfonamides is 1. The van der Waals surface area contributed by atoms with Gasteiger partial charge in [0.25, 0.3) is 0 Å². The van der Waals surface area contributed by atoms with Crippen LogP contribution >= 0.6 is 0 Å². The van der Waals surface area contributed by atoms with E-state index in [1.165, 1.54) is 17.5 Å². The predicted molar refractivity (Wildman–Crippen MR) is 125 cm³/mol. The van der Waals surface area contributed by atoms with E-state index in [1.54, 1.807) is 0 Å². The summed E-state index contributed by atoms with van der Waals surface area (Å²) in [4.78, 5) is 4.78. The van der Waals surface area contributed by atoms with Crippen molar-refractivity contribution in [1.29, 1.82) is 0 Å². The Labute approximate surface area is 186 Å². The summed E-state index contributed by atoms with van der Waals surface area (Å²) in [5.74, 6) is 1.71. The van der Waals surface area contributed by atoms with E-state index in [4.69, 9.17) is 0 Å². The molecule has 1 aromatic heterocycles. The summed E-state index contributed by atoms with van der Waals surface area (Å²) in [5, 5.41) is 8.75. The highest BCUT2D eigenvalue weighted by molar-refractivity contribution is 7.88. The molecule has 1 aliphatic heterocycles. The molecule has 0 saturated carbocycles. The Morgan fingerprint density at radius 2 is 1.74 bits per heavy atom. The van der Waals surface area contributed by atoms with Crippen molar-refractivity contribution in [2.45, 2.75) is 53.2 Å². The first-order chi connectivity index (χ1) is 14.7. The highest BCUT2D eigenvalue weighted by Gasteiger charge is 2.28. The number of hydrogen-bond donors (Lipinski definition) is 1. The molecule has 0 amide bonds. The number of benzene rings is 1. The van der Waals surface area contributed by atoms with Crippen molar-refractivity contribution in [3.63, 3.8) is 0 Å². The van der Waals surface area contributed by atoms with Crippen LogP contribution in [0, 0.1) is 5.92 Å². The first-order valence-electron chi connectivity index (χ1n) is 11.2. The SMILES string of the molecule is CCN(CC)c1ccc(CN2CCc3nnc(C(NS(C)(=O)=O)C(C)C)n3CC2)cc1. The molecule has 0 fully saturated rings. The van der Waals surface area contributed by atoms with Crippen LogP contribution in [-0.4, -0.2) is 60.5 Å². The molecular formula is C22H36N6O2S.